The van der Waals surface area contributed by atoms with Crippen LogP contribution in [0.25, 0.3) is 22.2 Å². The van der Waals surface area contributed by atoms with Gasteiger partial charge in [-0.2, -0.15) is 0 Å². The van der Waals surface area contributed by atoms with Crippen molar-refractivity contribution in [2.24, 2.45) is 0 Å². The molecule has 0 saturated heterocycles. The van der Waals surface area contributed by atoms with Gasteiger partial charge in [0.05, 0.1) is 11.2 Å². The van der Waals surface area contributed by atoms with Gasteiger partial charge in [-0.25, -0.2) is 13.2 Å². The number of hydrogen-bond acceptors (Lipinski definition) is 1. The van der Waals surface area contributed by atoms with Gasteiger partial charge in [0.15, 0.2) is 6.29 Å². The summed E-state index contributed by atoms with van der Waals surface area (Å²) in [5.74, 6) is -2.06. The molecule has 0 aliphatic carbocycles. The molecule has 1 N–H and O–H groups in total. The molecule has 0 fully saturated rings. The van der Waals surface area contributed by atoms with Crippen molar-refractivity contribution in [3.63, 3.8) is 0 Å². The number of carbonyl (C=O) groups excluding carboxylic acids is 1. The average Bonchev–Trinajstić information content (AvgIpc) is 2.77. The predicted octanol–water partition coefficient (Wildman–Crippen LogP) is 4.37. The van der Waals surface area contributed by atoms with E-state index in [0.29, 0.717) is 17.2 Å². The Kier molecular flexibility index (Phi) is 3.05. The smallest absolute Gasteiger partial charge is 0.152 e. The fraction of sp³-hybridized carbons (Fsp3) is 0.0625. The zero-order valence-corrected chi connectivity index (χ0v) is 11.0. The van der Waals surface area contributed by atoms with Crippen molar-refractivity contribution < 1.29 is 18.0 Å². The van der Waals surface area contributed by atoms with Gasteiger partial charge in [0.1, 0.15) is 17.5 Å². The van der Waals surface area contributed by atoms with Crippen molar-refractivity contribution in [1.29, 1.82) is 0 Å². The molecule has 21 heavy (non-hydrogen) atoms. The summed E-state index contributed by atoms with van der Waals surface area (Å²) in [7, 11) is 0. The van der Waals surface area contributed by atoms with Gasteiger partial charge >= 0.3 is 0 Å². The zero-order chi connectivity index (χ0) is 15.1. The van der Waals surface area contributed by atoms with Gasteiger partial charge in [-0.1, -0.05) is 0 Å². The third-order valence-electron chi connectivity index (χ3n) is 3.36. The third kappa shape index (κ3) is 2.11. The number of aldehydes is 1. The Morgan fingerprint density at radius 3 is 2.48 bits per heavy atom. The van der Waals surface area contributed by atoms with E-state index in [1.54, 1.807) is 13.0 Å². The molecule has 3 aromatic rings. The number of benzene rings is 2. The molecule has 106 valence electrons. The summed E-state index contributed by atoms with van der Waals surface area (Å²) < 4.78 is 40.8. The molecular weight excluding hydrogens is 279 g/mol. The maximum Gasteiger partial charge on any atom is 0.152 e. The molecule has 0 bridgehead atoms. The van der Waals surface area contributed by atoms with Crippen LogP contribution in [0.3, 0.4) is 0 Å². The first kappa shape index (κ1) is 13.4. The molecule has 0 radical (unpaired) electrons. The lowest BCUT2D eigenvalue weighted by Crippen LogP contribution is -1.90. The topological polar surface area (TPSA) is 32.9 Å². The highest BCUT2D eigenvalue weighted by molar-refractivity contribution is 6.04. The molecule has 2 nitrogen and oxygen atoms in total. The van der Waals surface area contributed by atoms with E-state index >= 15 is 0 Å². The summed E-state index contributed by atoms with van der Waals surface area (Å²) >= 11 is 0. The van der Waals surface area contributed by atoms with E-state index in [1.165, 1.54) is 12.1 Å². The average molecular weight is 289 g/mol. The molecule has 0 aliphatic rings. The van der Waals surface area contributed by atoms with Gasteiger partial charge in [0.25, 0.3) is 0 Å². The molecule has 2 aromatic carbocycles. The number of aromatic nitrogens is 1. The quantitative estimate of drug-likeness (QED) is 0.698. The van der Waals surface area contributed by atoms with Crippen molar-refractivity contribution in [2.75, 3.05) is 0 Å². The fourth-order valence-electron chi connectivity index (χ4n) is 2.44. The molecule has 1 heterocycles. The van der Waals surface area contributed by atoms with Gasteiger partial charge in [-0.15, -0.1) is 0 Å². The highest BCUT2D eigenvalue weighted by atomic mass is 19.1. The number of rotatable bonds is 2. The molecular formula is C16H10F3NO. The van der Waals surface area contributed by atoms with E-state index in [-0.39, 0.29) is 22.3 Å². The van der Waals surface area contributed by atoms with E-state index < -0.39 is 17.5 Å². The molecule has 0 spiro atoms. The maximum absolute atomic E-state index is 14.0. The minimum absolute atomic E-state index is 0.0201. The molecule has 0 aliphatic heterocycles. The van der Waals surface area contributed by atoms with Gasteiger partial charge in [0.2, 0.25) is 0 Å². The first-order chi connectivity index (χ1) is 10.0. The number of aromatic amines is 1. The predicted molar refractivity (Wildman–Crippen MR) is 73.7 cm³/mol. The van der Waals surface area contributed by atoms with E-state index in [0.717, 1.165) is 12.1 Å². The summed E-state index contributed by atoms with van der Waals surface area (Å²) in [6, 6.07) is 5.98. The van der Waals surface area contributed by atoms with Crippen LogP contribution in [0.5, 0.6) is 0 Å². The van der Waals surface area contributed by atoms with Crippen LogP contribution in [0.4, 0.5) is 13.2 Å². The second-order valence-electron chi connectivity index (χ2n) is 4.82. The zero-order valence-electron chi connectivity index (χ0n) is 11.0. The molecule has 3 rings (SSSR count). The Morgan fingerprint density at radius 1 is 1.05 bits per heavy atom. The van der Waals surface area contributed by atoms with Gasteiger partial charge < -0.3 is 4.98 Å². The summed E-state index contributed by atoms with van der Waals surface area (Å²) in [4.78, 5) is 14.1. The molecule has 0 atom stereocenters. The van der Waals surface area contributed by atoms with Crippen LogP contribution in [0.1, 0.15) is 15.9 Å². The van der Waals surface area contributed by atoms with Crippen LogP contribution < -0.4 is 0 Å². The van der Waals surface area contributed by atoms with Crippen LogP contribution in [-0.2, 0) is 0 Å². The van der Waals surface area contributed by atoms with E-state index in [4.69, 9.17) is 0 Å². The number of halogens is 3. The lowest BCUT2D eigenvalue weighted by molar-refractivity contribution is 0.112. The van der Waals surface area contributed by atoms with Gasteiger partial charge in [-0.05, 0) is 36.8 Å². The van der Waals surface area contributed by atoms with E-state index in [9.17, 15) is 18.0 Å². The van der Waals surface area contributed by atoms with Crippen LogP contribution in [0.15, 0.2) is 30.3 Å². The SMILES string of the molecule is Cc1cc(F)c2[nH]c(-c3ccc(F)cc3F)c(C=O)c2c1. The highest BCUT2D eigenvalue weighted by Crippen LogP contribution is 2.32. The number of hydrogen-bond donors (Lipinski definition) is 1. The Morgan fingerprint density at radius 2 is 1.81 bits per heavy atom. The molecule has 0 saturated carbocycles. The molecule has 0 unspecified atom stereocenters. The summed E-state index contributed by atoms with van der Waals surface area (Å²) in [6.07, 6.45) is 0.538. The Hall–Kier alpha value is -2.56. The van der Waals surface area contributed by atoms with Crippen molar-refractivity contribution in [2.45, 2.75) is 6.92 Å². The number of carbonyl (C=O) groups is 1. The maximum atomic E-state index is 14.0. The summed E-state index contributed by atoms with van der Waals surface area (Å²) in [5.41, 5.74) is 1.08. The lowest BCUT2D eigenvalue weighted by atomic mass is 10.0. The number of aryl methyl sites for hydroxylation is 1. The van der Waals surface area contributed by atoms with E-state index in [1.807, 2.05) is 0 Å². The number of H-pyrrole nitrogens is 1. The number of fused-ring (bicyclic) bond motifs is 1. The standard InChI is InChI=1S/C16H10F3NO/c1-8-4-11-12(7-21)15(20-16(11)14(19)5-8)10-3-2-9(17)6-13(10)18/h2-7,20H,1H3. The lowest BCUT2D eigenvalue weighted by Gasteiger charge is -2.02. The second kappa shape index (κ2) is 4.77. The van der Waals surface area contributed by atoms with Gasteiger partial charge in [-0.3, -0.25) is 4.79 Å². The first-order valence-corrected chi connectivity index (χ1v) is 6.23. The van der Waals surface area contributed by atoms with Crippen molar-refractivity contribution in [3.05, 3.63) is 58.9 Å². The first-order valence-electron chi connectivity index (χ1n) is 6.23. The van der Waals surface area contributed by atoms with E-state index in [2.05, 4.69) is 4.98 Å². The monoisotopic (exact) mass is 289 g/mol. The van der Waals surface area contributed by atoms with Gasteiger partial charge in [0, 0.05) is 22.6 Å². The Bertz CT molecular complexity index is 868. The van der Waals surface area contributed by atoms with Crippen molar-refractivity contribution in [3.8, 4) is 11.3 Å². The van der Waals surface area contributed by atoms with Crippen molar-refractivity contribution in [1.82, 2.24) is 4.98 Å². The summed E-state index contributed by atoms with van der Waals surface area (Å²) in [5, 5.41) is 0.376. The fourth-order valence-corrected chi connectivity index (χ4v) is 2.44. The van der Waals surface area contributed by atoms with Crippen LogP contribution >= 0.6 is 0 Å². The Balaban J connectivity index is 2.37. The highest BCUT2D eigenvalue weighted by Gasteiger charge is 2.18. The Labute approximate surface area is 118 Å². The minimum Gasteiger partial charge on any atom is -0.351 e. The largest absolute Gasteiger partial charge is 0.351 e. The van der Waals surface area contributed by atoms with Crippen LogP contribution in [0.2, 0.25) is 0 Å². The third-order valence-corrected chi connectivity index (χ3v) is 3.36. The number of nitrogens with one attached hydrogen (secondary N) is 1. The molecule has 5 heteroatoms. The molecule has 1 aromatic heterocycles. The molecule has 0 amide bonds. The minimum atomic E-state index is -0.818. The second-order valence-corrected chi connectivity index (χ2v) is 4.82. The normalized spacial score (nSPS) is 11.0. The van der Waals surface area contributed by atoms with Crippen LogP contribution in [-0.4, -0.2) is 11.3 Å². The van der Waals surface area contributed by atoms with Crippen LogP contribution in [0, 0.1) is 24.4 Å². The van der Waals surface area contributed by atoms with Crippen molar-refractivity contribution >= 4 is 17.2 Å². The summed E-state index contributed by atoms with van der Waals surface area (Å²) in [6.45, 7) is 1.70.